The first-order valence-corrected chi connectivity index (χ1v) is 9.21. The van der Waals surface area contributed by atoms with Gasteiger partial charge in [0, 0.05) is 41.4 Å². The maximum atomic E-state index is 6.38. The molecule has 26 heavy (non-hydrogen) atoms. The van der Waals surface area contributed by atoms with E-state index < -0.39 is 0 Å². The molecule has 0 bridgehead atoms. The molecule has 3 aromatic rings. The Morgan fingerprint density at radius 3 is 3.00 bits per heavy atom. The number of halogens is 2. The lowest BCUT2D eigenvalue weighted by Crippen LogP contribution is -2.25. The summed E-state index contributed by atoms with van der Waals surface area (Å²) in [6.07, 6.45) is 4.34. The van der Waals surface area contributed by atoms with Crippen molar-refractivity contribution in [1.82, 2.24) is 19.9 Å². The highest BCUT2D eigenvalue weighted by Gasteiger charge is 2.21. The molecule has 0 saturated carbocycles. The van der Waals surface area contributed by atoms with Crippen molar-refractivity contribution in [3.8, 4) is 5.75 Å². The predicted octanol–water partition coefficient (Wildman–Crippen LogP) is 3.86. The van der Waals surface area contributed by atoms with Gasteiger partial charge in [-0.3, -0.25) is 4.98 Å². The minimum Gasteiger partial charge on any atom is -0.484 e. The minimum absolute atomic E-state index is 0.372. The lowest BCUT2D eigenvalue weighted by molar-refractivity contribution is 0.289. The molecule has 0 fully saturated rings. The Kier molecular flexibility index (Phi) is 5.11. The maximum Gasteiger partial charge on any atom is 0.147 e. The molecule has 0 atom stereocenters. The van der Waals surface area contributed by atoms with Crippen LogP contribution in [0.3, 0.4) is 0 Å². The van der Waals surface area contributed by atoms with E-state index in [1.165, 1.54) is 5.69 Å². The molecular weight excluding hydrogens is 371 g/mol. The van der Waals surface area contributed by atoms with E-state index in [1.54, 1.807) is 18.5 Å². The zero-order chi connectivity index (χ0) is 17.9. The van der Waals surface area contributed by atoms with E-state index in [2.05, 4.69) is 14.9 Å². The summed E-state index contributed by atoms with van der Waals surface area (Å²) in [5.74, 6) is 1.59. The molecule has 0 radical (unpaired) electrons. The highest BCUT2D eigenvalue weighted by atomic mass is 35.5. The summed E-state index contributed by atoms with van der Waals surface area (Å²) in [6, 6.07) is 9.27. The number of nitrogens with zero attached hydrogens (tertiary/aromatic N) is 3. The molecular formula is C19H18Cl2N4O. The molecule has 3 heterocycles. The number of imidazole rings is 1. The number of fused-ring (bicyclic) bond motifs is 1. The van der Waals surface area contributed by atoms with Gasteiger partial charge in [-0.15, -0.1) is 0 Å². The van der Waals surface area contributed by atoms with Crippen molar-refractivity contribution < 1.29 is 4.74 Å². The van der Waals surface area contributed by atoms with Crippen molar-refractivity contribution in [3.05, 3.63) is 75.5 Å². The van der Waals surface area contributed by atoms with E-state index in [-0.39, 0.29) is 0 Å². The topological polar surface area (TPSA) is 52.0 Å². The van der Waals surface area contributed by atoms with Crippen LogP contribution >= 0.6 is 23.2 Å². The van der Waals surface area contributed by atoms with Crippen LogP contribution in [-0.2, 0) is 26.1 Å². The molecule has 4 rings (SSSR count). The molecule has 0 aliphatic carbocycles. The van der Waals surface area contributed by atoms with Gasteiger partial charge in [-0.05, 0) is 35.9 Å². The van der Waals surface area contributed by atoms with Crippen LogP contribution in [0.4, 0.5) is 0 Å². The van der Waals surface area contributed by atoms with Gasteiger partial charge in [0.25, 0.3) is 0 Å². The van der Waals surface area contributed by atoms with E-state index >= 15 is 0 Å². The van der Waals surface area contributed by atoms with E-state index in [0.29, 0.717) is 23.2 Å². The van der Waals surface area contributed by atoms with Crippen LogP contribution < -0.4 is 10.1 Å². The molecule has 0 amide bonds. The number of nitrogens with one attached hydrogen (secondary N) is 1. The van der Waals surface area contributed by atoms with Crippen molar-refractivity contribution in [1.29, 1.82) is 0 Å². The number of aromatic nitrogens is 3. The quantitative estimate of drug-likeness (QED) is 0.720. The van der Waals surface area contributed by atoms with Gasteiger partial charge in [-0.1, -0.05) is 23.2 Å². The summed E-state index contributed by atoms with van der Waals surface area (Å²) in [5, 5.41) is 4.74. The fraction of sp³-hybridized carbons (Fsp3) is 0.263. The Labute approximate surface area is 161 Å². The van der Waals surface area contributed by atoms with Crippen molar-refractivity contribution in [2.75, 3.05) is 6.54 Å². The van der Waals surface area contributed by atoms with Crippen LogP contribution in [0, 0.1) is 0 Å². The van der Waals surface area contributed by atoms with Gasteiger partial charge < -0.3 is 14.6 Å². The highest BCUT2D eigenvalue weighted by molar-refractivity contribution is 6.33. The van der Waals surface area contributed by atoms with Gasteiger partial charge >= 0.3 is 0 Å². The predicted molar refractivity (Wildman–Crippen MR) is 102 cm³/mol. The first kappa shape index (κ1) is 17.3. The number of pyridine rings is 1. The summed E-state index contributed by atoms with van der Waals surface area (Å²) in [5.41, 5.74) is 3.27. The van der Waals surface area contributed by atoms with Crippen LogP contribution in [0.2, 0.25) is 10.0 Å². The molecule has 134 valence electrons. The van der Waals surface area contributed by atoms with Crippen molar-refractivity contribution in [2.45, 2.75) is 26.1 Å². The molecule has 5 nitrogen and oxygen atoms in total. The molecule has 1 N–H and O–H groups in total. The largest absolute Gasteiger partial charge is 0.484 e. The molecule has 0 unspecified atom stereocenters. The van der Waals surface area contributed by atoms with Gasteiger partial charge in [-0.2, -0.15) is 0 Å². The molecule has 2 aromatic heterocycles. The first-order chi connectivity index (χ1) is 12.7. The van der Waals surface area contributed by atoms with Crippen molar-refractivity contribution in [2.24, 2.45) is 0 Å². The molecule has 1 aliphatic rings. The first-order valence-electron chi connectivity index (χ1n) is 8.45. The third-order valence-corrected chi connectivity index (χ3v) is 5.01. The Balaban J connectivity index is 1.65. The molecule has 1 aliphatic heterocycles. The Bertz CT molecular complexity index is 911. The third kappa shape index (κ3) is 3.70. The zero-order valence-corrected chi connectivity index (χ0v) is 15.6. The second-order valence-corrected chi connectivity index (χ2v) is 6.99. The molecule has 1 aromatic carbocycles. The van der Waals surface area contributed by atoms with Gasteiger partial charge in [0.15, 0.2) is 0 Å². The van der Waals surface area contributed by atoms with Crippen LogP contribution in [0.1, 0.15) is 22.8 Å². The molecule has 0 saturated heterocycles. The lowest BCUT2D eigenvalue weighted by Gasteiger charge is -2.17. The third-order valence-electron chi connectivity index (χ3n) is 4.40. The van der Waals surface area contributed by atoms with Crippen molar-refractivity contribution >= 4 is 23.2 Å². The van der Waals surface area contributed by atoms with E-state index in [4.69, 9.17) is 32.9 Å². The van der Waals surface area contributed by atoms with Crippen LogP contribution in [0.15, 0.2) is 42.7 Å². The average Bonchev–Trinajstić information content (AvgIpc) is 3.01. The number of benzene rings is 1. The average molecular weight is 389 g/mol. The Hall–Kier alpha value is -2.08. The summed E-state index contributed by atoms with van der Waals surface area (Å²) in [6.45, 7) is 2.70. The van der Waals surface area contributed by atoms with E-state index in [0.717, 1.165) is 42.3 Å². The number of rotatable bonds is 5. The van der Waals surface area contributed by atoms with E-state index in [9.17, 15) is 0 Å². The van der Waals surface area contributed by atoms with Crippen LogP contribution in [-0.4, -0.2) is 21.1 Å². The normalized spacial score (nSPS) is 13.5. The van der Waals surface area contributed by atoms with Gasteiger partial charge in [-0.25, -0.2) is 4.98 Å². The number of hydrogen-bond acceptors (Lipinski definition) is 4. The van der Waals surface area contributed by atoms with Crippen LogP contribution in [0.5, 0.6) is 5.75 Å². The van der Waals surface area contributed by atoms with Crippen molar-refractivity contribution in [3.63, 3.8) is 0 Å². The van der Waals surface area contributed by atoms with E-state index in [1.807, 2.05) is 24.3 Å². The summed E-state index contributed by atoms with van der Waals surface area (Å²) >= 11 is 12.5. The fourth-order valence-electron chi connectivity index (χ4n) is 3.14. The second kappa shape index (κ2) is 7.66. The maximum absolute atomic E-state index is 6.38. The molecule has 7 heteroatoms. The zero-order valence-electron chi connectivity index (χ0n) is 14.1. The summed E-state index contributed by atoms with van der Waals surface area (Å²) in [4.78, 5) is 8.87. The molecule has 0 spiro atoms. The Morgan fingerprint density at radius 2 is 2.15 bits per heavy atom. The number of ether oxygens (including phenoxy) is 1. The number of hydrogen-bond donors (Lipinski definition) is 1. The monoisotopic (exact) mass is 388 g/mol. The highest BCUT2D eigenvalue weighted by Crippen LogP contribution is 2.25. The summed E-state index contributed by atoms with van der Waals surface area (Å²) in [7, 11) is 0. The van der Waals surface area contributed by atoms with Crippen LogP contribution in [0.25, 0.3) is 0 Å². The SMILES string of the molecule is Clc1ccc(Cl)c(Cn2c(COc3cccnc3)nc3c2CCNC3)c1. The van der Waals surface area contributed by atoms with Gasteiger partial charge in [0.1, 0.15) is 18.2 Å². The fourth-order valence-corrected chi connectivity index (χ4v) is 3.51. The van der Waals surface area contributed by atoms with Gasteiger partial charge in [0.2, 0.25) is 0 Å². The smallest absolute Gasteiger partial charge is 0.147 e. The summed E-state index contributed by atoms with van der Waals surface area (Å²) < 4.78 is 8.08. The standard InChI is InChI=1S/C19H18Cl2N4O/c20-14-3-4-16(21)13(8-14)11-25-18-5-7-23-10-17(18)24-19(25)12-26-15-2-1-6-22-9-15/h1-4,6,8-9,23H,5,7,10-12H2. The Morgan fingerprint density at radius 1 is 1.23 bits per heavy atom. The van der Waals surface area contributed by atoms with Gasteiger partial charge in [0.05, 0.1) is 18.4 Å². The second-order valence-electron chi connectivity index (χ2n) is 6.15. The lowest BCUT2D eigenvalue weighted by atomic mass is 10.1. The minimum atomic E-state index is 0.372.